The number of nitro benzene ring substituents is 1. The van der Waals surface area contributed by atoms with Crippen molar-refractivity contribution in [1.29, 1.82) is 0 Å². The number of non-ortho nitro benzene ring substituents is 1. The summed E-state index contributed by atoms with van der Waals surface area (Å²) in [7, 11) is 3.89. The van der Waals surface area contributed by atoms with Crippen molar-refractivity contribution in [2.45, 2.75) is 0 Å². The van der Waals surface area contributed by atoms with Gasteiger partial charge in [-0.05, 0) is 26.2 Å². The number of halogens is 1. The molecule has 4 aromatic rings. The van der Waals surface area contributed by atoms with Crippen LogP contribution in [0.4, 0.5) is 10.8 Å². The highest BCUT2D eigenvalue weighted by atomic mass is 35.5. The molecule has 5 rings (SSSR count). The number of nitrogens with zero attached hydrogens (tertiary/aromatic N) is 4. The quantitative estimate of drug-likeness (QED) is 0.265. The Kier molecular flexibility index (Phi) is 6.89. The molecule has 12 heteroatoms. The lowest BCUT2D eigenvalue weighted by Gasteiger charge is -2.21. The monoisotopic (exact) mass is 520 g/mol. The van der Waals surface area contributed by atoms with E-state index in [2.05, 4.69) is 0 Å². The number of carbonyl (C=O) groups excluding carboxylic acids is 1. The van der Waals surface area contributed by atoms with Gasteiger partial charge in [-0.3, -0.25) is 19.8 Å². The van der Waals surface area contributed by atoms with Crippen LogP contribution in [0.1, 0.15) is 9.67 Å². The van der Waals surface area contributed by atoms with Gasteiger partial charge in [0.25, 0.3) is 11.6 Å². The molecule has 1 aliphatic heterocycles. The van der Waals surface area contributed by atoms with Crippen molar-refractivity contribution in [3.8, 4) is 11.5 Å². The number of aromatic nitrogens is 1. The zero-order valence-electron chi connectivity index (χ0n) is 18.3. The first-order chi connectivity index (χ1) is 15.9. The number of thiazole rings is 1. The van der Waals surface area contributed by atoms with E-state index in [0.717, 1.165) is 14.9 Å². The van der Waals surface area contributed by atoms with E-state index in [1.54, 1.807) is 17.0 Å². The van der Waals surface area contributed by atoms with Crippen molar-refractivity contribution in [3.05, 3.63) is 51.4 Å². The molecule has 34 heavy (non-hydrogen) atoms. The summed E-state index contributed by atoms with van der Waals surface area (Å²) in [6, 6.07) is 10.1. The lowest BCUT2D eigenvalue weighted by atomic mass is 10.2. The van der Waals surface area contributed by atoms with Crippen molar-refractivity contribution >= 4 is 72.1 Å². The number of amides is 1. The van der Waals surface area contributed by atoms with Crippen LogP contribution in [0.15, 0.2) is 36.4 Å². The second-order valence-corrected chi connectivity index (χ2v) is 9.90. The van der Waals surface area contributed by atoms with Crippen molar-refractivity contribution < 1.29 is 19.2 Å². The molecule has 9 nitrogen and oxygen atoms in total. The molecule has 3 heterocycles. The Morgan fingerprint density at radius 3 is 2.50 bits per heavy atom. The van der Waals surface area contributed by atoms with Gasteiger partial charge in [0.05, 0.1) is 20.0 Å². The Morgan fingerprint density at radius 1 is 1.06 bits per heavy atom. The summed E-state index contributed by atoms with van der Waals surface area (Å²) in [5.74, 6) is 1.15. The van der Waals surface area contributed by atoms with Crippen LogP contribution >= 0.6 is 35.1 Å². The Bertz CT molecular complexity index is 1340. The molecule has 178 valence electrons. The van der Waals surface area contributed by atoms with Crippen LogP contribution in [0, 0.1) is 10.1 Å². The van der Waals surface area contributed by atoms with Crippen molar-refractivity contribution in [2.75, 3.05) is 45.3 Å². The Labute approximate surface area is 209 Å². The lowest BCUT2D eigenvalue weighted by molar-refractivity contribution is -0.384. The lowest BCUT2D eigenvalue weighted by Crippen LogP contribution is -2.36. The number of ether oxygens (including phenoxy) is 2. The summed E-state index contributed by atoms with van der Waals surface area (Å²) in [6.07, 6.45) is 0. The molecule has 0 aliphatic carbocycles. The average Bonchev–Trinajstić information content (AvgIpc) is 3.40. The summed E-state index contributed by atoms with van der Waals surface area (Å²) in [6.45, 7) is 2.10. The molecule has 1 aliphatic rings. The summed E-state index contributed by atoms with van der Waals surface area (Å²) in [5, 5.41) is 12.4. The smallest absolute Gasteiger partial charge is 0.270 e. The molecule has 0 atom stereocenters. The van der Waals surface area contributed by atoms with Gasteiger partial charge in [-0.1, -0.05) is 11.3 Å². The van der Waals surface area contributed by atoms with E-state index in [1.165, 1.54) is 34.8 Å². The van der Waals surface area contributed by atoms with E-state index in [9.17, 15) is 14.9 Å². The molecule has 0 saturated carbocycles. The number of hydrogen-bond acceptors (Lipinski definition) is 9. The molecule has 0 radical (unpaired) electrons. The third-order valence-corrected chi connectivity index (χ3v) is 7.35. The van der Waals surface area contributed by atoms with Crippen LogP contribution < -0.4 is 14.4 Å². The summed E-state index contributed by atoms with van der Waals surface area (Å²) in [5.41, 5.74) is 0.747. The number of benzene rings is 2. The fourth-order valence-corrected chi connectivity index (χ4v) is 5.53. The number of hydrogen-bond donors (Lipinski definition) is 0. The van der Waals surface area contributed by atoms with Gasteiger partial charge >= 0.3 is 0 Å². The van der Waals surface area contributed by atoms with Crippen molar-refractivity contribution in [1.82, 2.24) is 9.88 Å². The van der Waals surface area contributed by atoms with Gasteiger partial charge in [0.15, 0.2) is 16.6 Å². The van der Waals surface area contributed by atoms with Gasteiger partial charge in [0.2, 0.25) is 0 Å². The summed E-state index contributed by atoms with van der Waals surface area (Å²) in [4.78, 5) is 33.2. The van der Waals surface area contributed by atoms with Crippen LogP contribution in [-0.2, 0) is 0 Å². The second kappa shape index (κ2) is 9.71. The number of likely N-dealkylation sites (N-methyl/N-ethyl adjacent to an activating group) is 1. The number of thiophene rings is 1. The number of rotatable bonds is 6. The fraction of sp³-hybridized carbons (Fsp3) is 0.273. The van der Waals surface area contributed by atoms with Gasteiger partial charge in [0, 0.05) is 47.4 Å². The van der Waals surface area contributed by atoms with Gasteiger partial charge in [-0.25, -0.2) is 4.98 Å². The number of fused-ring (bicyclic) bond motifs is 3. The fourth-order valence-electron chi connectivity index (χ4n) is 3.53. The minimum Gasteiger partial charge on any atom is -0.486 e. The van der Waals surface area contributed by atoms with Crippen LogP contribution in [0.5, 0.6) is 11.5 Å². The summed E-state index contributed by atoms with van der Waals surface area (Å²) >= 11 is 2.74. The SMILES string of the molecule is CN(C)CCN(C(=O)c1cc2cc([N+](=O)[O-])ccc2s1)c1nc2cc3c(cc2s1)OCCO3.Cl. The highest BCUT2D eigenvalue weighted by molar-refractivity contribution is 7.23. The highest BCUT2D eigenvalue weighted by Crippen LogP contribution is 2.39. The molecule has 0 fully saturated rings. The van der Waals surface area contributed by atoms with E-state index in [4.69, 9.17) is 14.5 Å². The van der Waals surface area contributed by atoms with Gasteiger partial charge in [0.1, 0.15) is 13.2 Å². The third-order valence-electron chi connectivity index (χ3n) is 5.21. The highest BCUT2D eigenvalue weighted by Gasteiger charge is 2.25. The molecule has 2 aromatic heterocycles. The molecular formula is C22H21ClN4O5S2. The van der Waals surface area contributed by atoms with Gasteiger partial charge in [-0.2, -0.15) is 0 Å². The molecule has 2 aromatic carbocycles. The second-order valence-electron chi connectivity index (χ2n) is 7.81. The van der Waals surface area contributed by atoms with E-state index >= 15 is 0 Å². The normalized spacial score (nSPS) is 12.7. The van der Waals surface area contributed by atoms with Crippen molar-refractivity contribution in [3.63, 3.8) is 0 Å². The minimum atomic E-state index is -0.434. The average molecular weight is 521 g/mol. The Balaban J connectivity index is 0.00000274. The third kappa shape index (κ3) is 4.64. The maximum absolute atomic E-state index is 13.6. The molecule has 0 bridgehead atoms. The van der Waals surface area contributed by atoms with Crippen LogP contribution in [0.2, 0.25) is 0 Å². The van der Waals surface area contributed by atoms with Crippen LogP contribution in [-0.4, -0.2) is 61.1 Å². The largest absolute Gasteiger partial charge is 0.486 e. The Morgan fingerprint density at radius 2 is 1.79 bits per heavy atom. The topological polar surface area (TPSA) is 98.0 Å². The number of nitro groups is 1. The molecule has 0 saturated heterocycles. The first kappa shape index (κ1) is 24.1. The number of anilines is 1. The summed E-state index contributed by atoms with van der Waals surface area (Å²) < 4.78 is 13.1. The molecule has 0 unspecified atom stereocenters. The first-order valence-corrected chi connectivity index (χ1v) is 11.9. The number of carbonyl (C=O) groups is 1. The molecule has 0 spiro atoms. The van der Waals surface area contributed by atoms with E-state index in [0.29, 0.717) is 53.2 Å². The minimum absolute atomic E-state index is 0. The predicted molar refractivity (Wildman–Crippen MR) is 137 cm³/mol. The maximum atomic E-state index is 13.6. The van der Waals surface area contributed by atoms with Gasteiger partial charge < -0.3 is 14.4 Å². The van der Waals surface area contributed by atoms with Gasteiger partial charge in [-0.15, -0.1) is 23.7 Å². The van der Waals surface area contributed by atoms with Crippen LogP contribution in [0.25, 0.3) is 20.3 Å². The van der Waals surface area contributed by atoms with Crippen molar-refractivity contribution in [2.24, 2.45) is 0 Å². The zero-order valence-corrected chi connectivity index (χ0v) is 20.8. The maximum Gasteiger partial charge on any atom is 0.270 e. The predicted octanol–water partition coefficient (Wildman–Crippen LogP) is 4.82. The molecule has 1 amide bonds. The van der Waals surface area contributed by atoms with Crippen LogP contribution in [0.3, 0.4) is 0 Å². The molecule has 0 N–H and O–H groups in total. The first-order valence-electron chi connectivity index (χ1n) is 10.2. The van der Waals surface area contributed by atoms with E-state index in [1.807, 2.05) is 31.1 Å². The zero-order chi connectivity index (χ0) is 23.1. The standard InChI is InChI=1S/C22H20N4O5S2.ClH/c1-24(2)5-6-25(21(27)20-10-13-9-14(26(28)29)3-4-18(13)32-20)22-23-15-11-16-17(12-19(15)33-22)31-8-7-30-16;/h3-4,9-12H,5-8H2,1-2H3;1H. The van der Waals surface area contributed by atoms with E-state index in [-0.39, 0.29) is 24.0 Å². The molecular weight excluding hydrogens is 500 g/mol. The van der Waals surface area contributed by atoms with E-state index < -0.39 is 4.92 Å². The Hall–Kier alpha value is -2.99.